The minimum Gasteiger partial charge on any atom is -0.465 e. The van der Waals surface area contributed by atoms with Gasteiger partial charge in [0.2, 0.25) is 5.91 Å². The van der Waals surface area contributed by atoms with Gasteiger partial charge >= 0.3 is 11.8 Å². The topological polar surface area (TPSA) is 151 Å². The summed E-state index contributed by atoms with van der Waals surface area (Å²) >= 11 is 0. The van der Waals surface area contributed by atoms with Crippen LogP contribution < -0.4 is 16.6 Å². The summed E-state index contributed by atoms with van der Waals surface area (Å²) in [4.78, 5) is 56.3. The van der Waals surface area contributed by atoms with Crippen LogP contribution in [0.5, 0.6) is 0 Å². The zero-order valence-electron chi connectivity index (χ0n) is 19.1. The lowest BCUT2D eigenvalue weighted by molar-refractivity contribution is -0.125. The molecule has 0 unspecified atom stereocenters. The maximum Gasteiger partial charge on any atom is 0.404 e. The van der Waals surface area contributed by atoms with Gasteiger partial charge in [0.25, 0.3) is 5.56 Å². The van der Waals surface area contributed by atoms with Crippen molar-refractivity contribution in [2.24, 2.45) is 0 Å². The van der Waals surface area contributed by atoms with Crippen molar-refractivity contribution in [2.45, 2.75) is 20.0 Å². The van der Waals surface area contributed by atoms with E-state index in [0.717, 1.165) is 21.1 Å². The molecule has 11 heteroatoms. The largest absolute Gasteiger partial charge is 0.465 e. The van der Waals surface area contributed by atoms with Gasteiger partial charge in [-0.3, -0.25) is 19.1 Å². The number of carboxylic acid groups (broad SMARTS) is 1. The molecular weight excluding hydrogens is 454 g/mol. The van der Waals surface area contributed by atoms with Gasteiger partial charge in [0.1, 0.15) is 17.0 Å². The molecule has 0 saturated heterocycles. The van der Waals surface area contributed by atoms with Gasteiger partial charge in [-0.25, -0.2) is 14.6 Å². The summed E-state index contributed by atoms with van der Waals surface area (Å²) in [6.07, 6.45) is 3.07. The maximum absolute atomic E-state index is 12.8. The van der Waals surface area contributed by atoms with E-state index in [-0.39, 0.29) is 36.6 Å². The number of aryl methyl sites for hydroxylation is 1. The number of amides is 2. The second-order valence-corrected chi connectivity index (χ2v) is 7.96. The van der Waals surface area contributed by atoms with Gasteiger partial charge in [0, 0.05) is 43.4 Å². The molecule has 0 bridgehead atoms. The number of carbonyl (C=O) groups excluding carboxylic acids is 1. The summed E-state index contributed by atoms with van der Waals surface area (Å²) < 4.78 is 6.77. The number of carbonyl (C=O) groups is 2. The minimum atomic E-state index is -1.26. The van der Waals surface area contributed by atoms with Gasteiger partial charge in [-0.2, -0.15) is 0 Å². The molecule has 0 fully saturated rings. The molecule has 0 aliphatic rings. The molecule has 0 aliphatic heterocycles. The number of aromatic nitrogens is 3. The van der Waals surface area contributed by atoms with E-state index in [4.69, 9.17) is 9.52 Å². The van der Waals surface area contributed by atoms with Gasteiger partial charge in [0.05, 0.1) is 11.9 Å². The zero-order chi connectivity index (χ0) is 25.1. The number of benzene rings is 1. The molecular formula is C24H23N5O6. The van der Waals surface area contributed by atoms with Crippen LogP contribution in [0.15, 0.2) is 56.6 Å². The molecule has 3 aromatic heterocycles. The SMILES string of the molecule is Cc1c(CN(C)C(=O)/C=C/c2cnc3[nH]c(=O)n(CCNC(=O)O)c(=O)c3c2)oc2ccccc12. The Bertz CT molecular complexity index is 1580. The molecule has 4 aromatic rings. The third-order valence-electron chi connectivity index (χ3n) is 5.58. The number of nitrogens with one attached hydrogen (secondary N) is 2. The third kappa shape index (κ3) is 4.98. The molecule has 0 aliphatic carbocycles. The molecule has 11 nitrogen and oxygen atoms in total. The van der Waals surface area contributed by atoms with Crippen molar-refractivity contribution in [2.75, 3.05) is 13.6 Å². The summed E-state index contributed by atoms with van der Waals surface area (Å²) in [7, 11) is 1.66. The quantitative estimate of drug-likeness (QED) is 0.345. The van der Waals surface area contributed by atoms with Crippen LogP contribution in [0.1, 0.15) is 16.9 Å². The van der Waals surface area contributed by atoms with E-state index in [1.807, 2.05) is 31.2 Å². The summed E-state index contributed by atoms with van der Waals surface area (Å²) in [5, 5.41) is 11.9. The summed E-state index contributed by atoms with van der Waals surface area (Å²) in [6, 6.07) is 9.18. The maximum atomic E-state index is 12.8. The highest BCUT2D eigenvalue weighted by Gasteiger charge is 2.14. The van der Waals surface area contributed by atoms with Crippen molar-refractivity contribution >= 4 is 40.1 Å². The van der Waals surface area contributed by atoms with Crippen molar-refractivity contribution in [3.8, 4) is 0 Å². The van der Waals surface area contributed by atoms with Crippen LogP contribution in [0.4, 0.5) is 4.79 Å². The molecule has 0 atom stereocenters. The average Bonchev–Trinajstić information content (AvgIpc) is 3.14. The number of H-pyrrole nitrogens is 1. The fourth-order valence-corrected chi connectivity index (χ4v) is 3.68. The van der Waals surface area contributed by atoms with Crippen molar-refractivity contribution < 1.29 is 19.1 Å². The first kappa shape index (κ1) is 23.5. The van der Waals surface area contributed by atoms with Crippen LogP contribution in [0.3, 0.4) is 0 Å². The lowest BCUT2D eigenvalue weighted by Gasteiger charge is -2.13. The minimum absolute atomic E-state index is 0.100. The van der Waals surface area contributed by atoms with E-state index in [9.17, 15) is 19.2 Å². The van der Waals surface area contributed by atoms with Crippen LogP contribution in [0, 0.1) is 6.92 Å². The predicted molar refractivity (Wildman–Crippen MR) is 129 cm³/mol. The monoisotopic (exact) mass is 477 g/mol. The van der Waals surface area contributed by atoms with E-state index in [1.54, 1.807) is 7.05 Å². The first-order valence-electron chi connectivity index (χ1n) is 10.7. The molecule has 2 amide bonds. The smallest absolute Gasteiger partial charge is 0.404 e. The van der Waals surface area contributed by atoms with Crippen molar-refractivity contribution in [3.63, 3.8) is 0 Å². The van der Waals surface area contributed by atoms with Crippen LogP contribution in [-0.2, 0) is 17.9 Å². The Morgan fingerprint density at radius 2 is 2.03 bits per heavy atom. The molecule has 4 rings (SSSR count). The Balaban J connectivity index is 1.52. The van der Waals surface area contributed by atoms with Crippen LogP contribution in [0.2, 0.25) is 0 Å². The van der Waals surface area contributed by atoms with Crippen molar-refractivity contribution in [3.05, 3.63) is 80.3 Å². The second kappa shape index (κ2) is 9.67. The van der Waals surface area contributed by atoms with Gasteiger partial charge in [-0.05, 0) is 30.7 Å². The number of aromatic amines is 1. The second-order valence-electron chi connectivity index (χ2n) is 7.96. The highest BCUT2D eigenvalue weighted by molar-refractivity contribution is 5.92. The number of furan rings is 1. The normalized spacial score (nSPS) is 11.4. The van der Waals surface area contributed by atoms with Crippen LogP contribution in [-0.4, -0.2) is 50.1 Å². The van der Waals surface area contributed by atoms with E-state index >= 15 is 0 Å². The fourth-order valence-electron chi connectivity index (χ4n) is 3.68. The fraction of sp³-hybridized carbons (Fsp3) is 0.208. The third-order valence-corrected chi connectivity index (χ3v) is 5.58. The highest BCUT2D eigenvalue weighted by atomic mass is 16.4. The van der Waals surface area contributed by atoms with Crippen molar-refractivity contribution in [1.82, 2.24) is 24.8 Å². The van der Waals surface area contributed by atoms with Gasteiger partial charge < -0.3 is 19.7 Å². The molecule has 35 heavy (non-hydrogen) atoms. The number of pyridine rings is 1. The Morgan fingerprint density at radius 1 is 1.26 bits per heavy atom. The van der Waals surface area contributed by atoms with E-state index in [0.29, 0.717) is 11.3 Å². The summed E-state index contributed by atoms with van der Waals surface area (Å²) in [5.74, 6) is 0.424. The van der Waals surface area contributed by atoms with Gasteiger partial charge in [0.15, 0.2) is 0 Å². The molecule has 3 heterocycles. The first-order chi connectivity index (χ1) is 16.7. The molecule has 180 valence electrons. The Hall–Kier alpha value is -4.67. The molecule has 0 saturated carbocycles. The molecule has 3 N–H and O–H groups in total. The van der Waals surface area contributed by atoms with Crippen molar-refractivity contribution in [1.29, 1.82) is 0 Å². The molecule has 0 radical (unpaired) electrons. The Morgan fingerprint density at radius 3 is 2.77 bits per heavy atom. The number of para-hydroxylation sites is 1. The number of hydrogen-bond acceptors (Lipinski definition) is 6. The van der Waals surface area contributed by atoms with E-state index in [2.05, 4.69) is 15.3 Å². The average molecular weight is 477 g/mol. The standard InChI is InChI=1S/C24H23N5O6/c1-14-16-5-3-4-6-18(16)35-19(14)13-28(2)20(30)8-7-15-11-17-21(26-12-15)27-23(32)29(22(17)31)10-9-25-24(33)34/h3-8,11-12,25H,9-10,13H2,1-2H3,(H,33,34)(H,26,27,32)/b8-7+. The first-order valence-corrected chi connectivity index (χ1v) is 10.7. The number of rotatable bonds is 7. The Labute approximate surface area is 198 Å². The van der Waals surface area contributed by atoms with Crippen LogP contribution in [0.25, 0.3) is 28.1 Å². The summed E-state index contributed by atoms with van der Waals surface area (Å²) in [5.41, 5.74) is 1.03. The van der Waals surface area contributed by atoms with E-state index in [1.165, 1.54) is 29.3 Å². The lowest BCUT2D eigenvalue weighted by Crippen LogP contribution is -2.39. The van der Waals surface area contributed by atoms with E-state index < -0.39 is 17.3 Å². The Kier molecular flexibility index (Phi) is 6.49. The summed E-state index contributed by atoms with van der Waals surface area (Å²) in [6.45, 7) is 1.99. The molecule has 1 aromatic carbocycles. The van der Waals surface area contributed by atoms with Crippen LogP contribution >= 0.6 is 0 Å². The number of nitrogens with zero attached hydrogens (tertiary/aromatic N) is 3. The van der Waals surface area contributed by atoms with Gasteiger partial charge in [-0.1, -0.05) is 18.2 Å². The molecule has 0 spiro atoms. The van der Waals surface area contributed by atoms with Gasteiger partial charge in [-0.15, -0.1) is 0 Å². The lowest BCUT2D eigenvalue weighted by atomic mass is 10.1. The number of likely N-dealkylation sites (N-methyl/N-ethyl adjacent to an activating group) is 1. The zero-order valence-corrected chi connectivity index (χ0v) is 19.1. The number of hydrogen-bond donors (Lipinski definition) is 3. The number of fused-ring (bicyclic) bond motifs is 2. The predicted octanol–water partition coefficient (Wildman–Crippen LogP) is 2.08. The highest BCUT2D eigenvalue weighted by Crippen LogP contribution is 2.25.